The molecule has 1 rings (SSSR count). The van der Waals surface area contributed by atoms with Gasteiger partial charge < -0.3 is 15.0 Å². The number of anilines is 1. The van der Waals surface area contributed by atoms with E-state index in [1.165, 1.54) is 12.7 Å². The molecule has 19 heavy (non-hydrogen) atoms. The lowest BCUT2D eigenvalue weighted by Crippen LogP contribution is -2.46. The molecule has 0 bridgehead atoms. The fraction of sp³-hybridized carbons (Fsp3) is 0.533. The molecule has 0 heterocycles. The molecule has 1 aromatic rings. The molecule has 0 fully saturated rings. The quantitative estimate of drug-likeness (QED) is 0.765. The molecule has 0 saturated heterocycles. The van der Waals surface area contributed by atoms with E-state index in [4.69, 9.17) is 4.74 Å². The average molecular weight is 264 g/mol. The fourth-order valence-corrected chi connectivity index (χ4v) is 1.93. The highest BCUT2D eigenvalue weighted by Gasteiger charge is 2.20. The molecular weight excluding hydrogens is 240 g/mol. The van der Waals surface area contributed by atoms with Gasteiger partial charge in [-0.25, -0.2) is 0 Å². The van der Waals surface area contributed by atoms with Gasteiger partial charge in [0.05, 0.1) is 7.11 Å². The van der Waals surface area contributed by atoms with Crippen LogP contribution in [0.5, 0.6) is 0 Å². The first kappa shape index (κ1) is 15.5. The number of hydrogen-bond donors (Lipinski definition) is 1. The molecule has 0 aliphatic heterocycles. The second-order valence-corrected chi connectivity index (χ2v) is 4.75. The van der Waals surface area contributed by atoms with Crippen molar-refractivity contribution in [3.05, 3.63) is 29.8 Å². The summed E-state index contributed by atoms with van der Waals surface area (Å²) in [4.78, 5) is 13.8. The standard InChI is InChI=1S/C15H24N2O2/c1-5-9-16-14(15(18)19-4)11-17(3)13-8-6-7-12(2)10-13/h6-8,10,14,16H,5,9,11H2,1-4H3. The van der Waals surface area contributed by atoms with Crippen LogP contribution in [0.2, 0.25) is 0 Å². The summed E-state index contributed by atoms with van der Waals surface area (Å²) >= 11 is 0. The zero-order chi connectivity index (χ0) is 14.3. The Morgan fingerprint density at radius 3 is 2.79 bits per heavy atom. The molecule has 1 unspecified atom stereocenters. The van der Waals surface area contributed by atoms with Gasteiger partial charge in [-0.3, -0.25) is 4.79 Å². The topological polar surface area (TPSA) is 41.6 Å². The molecule has 0 aliphatic rings. The SMILES string of the molecule is CCCNC(CN(C)c1cccc(C)c1)C(=O)OC. The zero-order valence-corrected chi connectivity index (χ0v) is 12.3. The Morgan fingerprint density at radius 1 is 1.47 bits per heavy atom. The first-order chi connectivity index (χ1) is 9.08. The van der Waals surface area contributed by atoms with Gasteiger partial charge in [-0.1, -0.05) is 19.1 Å². The molecule has 0 aromatic heterocycles. The molecule has 4 nitrogen and oxygen atoms in total. The largest absolute Gasteiger partial charge is 0.468 e. The molecule has 106 valence electrons. The van der Waals surface area contributed by atoms with Gasteiger partial charge in [-0.05, 0) is 37.6 Å². The van der Waals surface area contributed by atoms with Gasteiger partial charge in [0.25, 0.3) is 0 Å². The maximum atomic E-state index is 11.7. The summed E-state index contributed by atoms with van der Waals surface area (Å²) < 4.78 is 4.84. The van der Waals surface area contributed by atoms with Gasteiger partial charge in [-0.15, -0.1) is 0 Å². The Hall–Kier alpha value is -1.55. The van der Waals surface area contributed by atoms with Crippen LogP contribution in [0, 0.1) is 6.92 Å². The minimum absolute atomic E-state index is 0.215. The number of nitrogens with zero attached hydrogens (tertiary/aromatic N) is 1. The number of benzene rings is 1. The van der Waals surface area contributed by atoms with Crippen LogP contribution in [0.25, 0.3) is 0 Å². The van der Waals surface area contributed by atoms with Crippen molar-refractivity contribution in [1.29, 1.82) is 0 Å². The molecule has 0 amide bonds. The number of rotatable bonds is 7. The number of hydrogen-bond acceptors (Lipinski definition) is 4. The summed E-state index contributed by atoms with van der Waals surface area (Å²) in [5.41, 5.74) is 2.31. The number of carbonyl (C=O) groups is 1. The molecule has 1 atom stereocenters. The predicted octanol–water partition coefficient (Wildman–Crippen LogP) is 1.97. The first-order valence-electron chi connectivity index (χ1n) is 6.67. The van der Waals surface area contributed by atoms with E-state index < -0.39 is 0 Å². The summed E-state index contributed by atoms with van der Waals surface area (Å²) in [6.45, 7) is 5.54. The highest BCUT2D eigenvalue weighted by atomic mass is 16.5. The van der Waals surface area contributed by atoms with Crippen molar-refractivity contribution in [3.8, 4) is 0 Å². The minimum Gasteiger partial charge on any atom is -0.468 e. The summed E-state index contributed by atoms with van der Waals surface area (Å²) in [5.74, 6) is -0.215. The molecule has 4 heteroatoms. The number of likely N-dealkylation sites (N-methyl/N-ethyl adjacent to an activating group) is 1. The molecule has 0 spiro atoms. The first-order valence-corrected chi connectivity index (χ1v) is 6.67. The van der Waals surface area contributed by atoms with Crippen LogP contribution in [0.4, 0.5) is 5.69 Å². The van der Waals surface area contributed by atoms with Gasteiger partial charge in [-0.2, -0.15) is 0 Å². The van der Waals surface area contributed by atoms with Crippen LogP contribution in [0.3, 0.4) is 0 Å². The van der Waals surface area contributed by atoms with Crippen molar-refractivity contribution >= 4 is 11.7 Å². The van der Waals surface area contributed by atoms with E-state index in [-0.39, 0.29) is 12.0 Å². The van der Waals surface area contributed by atoms with Crippen LogP contribution in [-0.2, 0) is 9.53 Å². The van der Waals surface area contributed by atoms with Crippen molar-refractivity contribution < 1.29 is 9.53 Å². The van der Waals surface area contributed by atoms with E-state index in [2.05, 4.69) is 36.2 Å². The third-order valence-electron chi connectivity index (χ3n) is 3.03. The zero-order valence-electron chi connectivity index (χ0n) is 12.3. The number of ether oxygens (including phenoxy) is 1. The Kier molecular flexibility index (Phi) is 6.36. The van der Waals surface area contributed by atoms with E-state index in [0.717, 1.165) is 18.7 Å². The maximum Gasteiger partial charge on any atom is 0.324 e. The smallest absolute Gasteiger partial charge is 0.324 e. The second-order valence-electron chi connectivity index (χ2n) is 4.75. The normalized spacial score (nSPS) is 12.0. The number of carbonyl (C=O) groups excluding carboxylic acids is 1. The number of nitrogens with one attached hydrogen (secondary N) is 1. The third kappa shape index (κ3) is 4.91. The highest BCUT2D eigenvalue weighted by molar-refractivity contribution is 5.76. The van der Waals surface area contributed by atoms with Crippen LogP contribution in [-0.4, -0.2) is 39.3 Å². The Morgan fingerprint density at radius 2 is 2.21 bits per heavy atom. The molecule has 1 N–H and O–H groups in total. The van der Waals surface area contributed by atoms with Crippen molar-refractivity contribution in [2.24, 2.45) is 0 Å². The maximum absolute atomic E-state index is 11.7. The van der Waals surface area contributed by atoms with Gasteiger partial charge in [0.15, 0.2) is 0 Å². The molecule has 0 radical (unpaired) electrons. The monoisotopic (exact) mass is 264 g/mol. The highest BCUT2D eigenvalue weighted by Crippen LogP contribution is 2.14. The van der Waals surface area contributed by atoms with Gasteiger partial charge >= 0.3 is 5.97 Å². The van der Waals surface area contributed by atoms with E-state index in [0.29, 0.717) is 6.54 Å². The lowest BCUT2D eigenvalue weighted by atomic mass is 10.2. The number of esters is 1. The van der Waals surface area contributed by atoms with Crippen molar-refractivity contribution in [3.63, 3.8) is 0 Å². The summed E-state index contributed by atoms with van der Waals surface area (Å²) in [6, 6.07) is 7.93. The van der Waals surface area contributed by atoms with Crippen molar-refractivity contribution in [1.82, 2.24) is 5.32 Å². The van der Waals surface area contributed by atoms with Crippen LogP contribution in [0.1, 0.15) is 18.9 Å². The molecular formula is C15H24N2O2. The van der Waals surface area contributed by atoms with Crippen LogP contribution >= 0.6 is 0 Å². The van der Waals surface area contributed by atoms with Gasteiger partial charge in [0.2, 0.25) is 0 Å². The average Bonchev–Trinajstić information content (AvgIpc) is 2.42. The molecule has 0 aliphatic carbocycles. The van der Waals surface area contributed by atoms with E-state index >= 15 is 0 Å². The Bertz CT molecular complexity index is 407. The number of aryl methyl sites for hydroxylation is 1. The van der Waals surface area contributed by atoms with E-state index in [9.17, 15) is 4.79 Å². The predicted molar refractivity (Wildman–Crippen MR) is 78.5 cm³/mol. The minimum atomic E-state index is -0.296. The van der Waals surface area contributed by atoms with Crippen LogP contribution in [0.15, 0.2) is 24.3 Å². The van der Waals surface area contributed by atoms with Crippen molar-refractivity contribution in [2.75, 3.05) is 32.1 Å². The van der Waals surface area contributed by atoms with E-state index in [1.807, 2.05) is 19.2 Å². The summed E-state index contributed by atoms with van der Waals surface area (Å²) in [7, 11) is 3.41. The Labute approximate surface area is 115 Å². The lowest BCUT2D eigenvalue weighted by molar-refractivity contribution is -0.142. The Balaban J connectivity index is 2.69. The number of methoxy groups -OCH3 is 1. The third-order valence-corrected chi connectivity index (χ3v) is 3.03. The van der Waals surface area contributed by atoms with Gasteiger partial charge in [0, 0.05) is 19.3 Å². The fourth-order valence-electron chi connectivity index (χ4n) is 1.93. The van der Waals surface area contributed by atoms with Crippen molar-refractivity contribution in [2.45, 2.75) is 26.3 Å². The molecule has 0 saturated carbocycles. The lowest BCUT2D eigenvalue weighted by Gasteiger charge is -2.25. The summed E-state index contributed by atoms with van der Waals surface area (Å²) in [6.07, 6.45) is 0.988. The second kappa shape index (κ2) is 7.79. The molecule has 1 aromatic carbocycles. The summed E-state index contributed by atoms with van der Waals surface area (Å²) in [5, 5.41) is 3.22. The van der Waals surface area contributed by atoms with E-state index in [1.54, 1.807) is 0 Å². The van der Waals surface area contributed by atoms with Crippen LogP contribution < -0.4 is 10.2 Å². The van der Waals surface area contributed by atoms with Gasteiger partial charge in [0.1, 0.15) is 6.04 Å².